The average molecular weight is 429 g/mol. The van der Waals surface area contributed by atoms with Crippen molar-refractivity contribution in [3.63, 3.8) is 0 Å². The fraction of sp³-hybridized carbons (Fsp3) is 0.737. The van der Waals surface area contributed by atoms with Gasteiger partial charge in [-0.1, -0.05) is 0 Å². The second-order valence-electron chi connectivity index (χ2n) is 8.58. The highest BCUT2D eigenvalue weighted by atomic mass is 32.2. The van der Waals surface area contributed by atoms with Crippen molar-refractivity contribution in [2.45, 2.75) is 65.6 Å². The van der Waals surface area contributed by atoms with E-state index in [9.17, 15) is 18.0 Å². The maximum atomic E-state index is 12.4. The second-order valence-corrected chi connectivity index (χ2v) is 10.8. The van der Waals surface area contributed by atoms with Crippen LogP contribution in [0.4, 0.5) is 4.79 Å². The SMILES string of the molecule is Cc1nn([C@H]2CCS(=O)(=O)C2)c(C)c1CN(C)C(=O)CCNC(=O)OC(C)(C)C. The Hall–Kier alpha value is -2.10. The van der Waals surface area contributed by atoms with E-state index in [4.69, 9.17) is 4.74 Å². The molecule has 1 aromatic rings. The largest absolute Gasteiger partial charge is 0.444 e. The van der Waals surface area contributed by atoms with Gasteiger partial charge in [0.15, 0.2) is 9.84 Å². The number of nitrogens with one attached hydrogen (secondary N) is 1. The molecule has 9 nitrogen and oxygen atoms in total. The van der Waals surface area contributed by atoms with Crippen LogP contribution in [0, 0.1) is 13.8 Å². The lowest BCUT2D eigenvalue weighted by Crippen LogP contribution is -2.35. The number of hydrogen-bond acceptors (Lipinski definition) is 6. The molecule has 1 fully saturated rings. The van der Waals surface area contributed by atoms with E-state index in [1.807, 2.05) is 13.8 Å². The van der Waals surface area contributed by atoms with Crippen molar-refractivity contribution in [3.05, 3.63) is 17.0 Å². The maximum Gasteiger partial charge on any atom is 0.407 e. The molecule has 0 unspecified atom stereocenters. The van der Waals surface area contributed by atoms with Gasteiger partial charge in [-0.15, -0.1) is 0 Å². The number of alkyl carbamates (subject to hydrolysis) is 1. The third-order valence-electron chi connectivity index (χ3n) is 4.86. The predicted octanol–water partition coefficient (Wildman–Crippen LogP) is 1.73. The van der Waals surface area contributed by atoms with Crippen LogP contribution in [0.2, 0.25) is 0 Å². The zero-order valence-corrected chi connectivity index (χ0v) is 18.9. The van der Waals surface area contributed by atoms with E-state index in [1.165, 1.54) is 0 Å². The van der Waals surface area contributed by atoms with E-state index >= 15 is 0 Å². The van der Waals surface area contributed by atoms with Crippen LogP contribution in [0.3, 0.4) is 0 Å². The number of hydrogen-bond donors (Lipinski definition) is 1. The Balaban J connectivity index is 1.92. The first-order valence-corrected chi connectivity index (χ1v) is 11.6. The first kappa shape index (κ1) is 23.2. The van der Waals surface area contributed by atoms with E-state index in [0.717, 1.165) is 17.0 Å². The first-order chi connectivity index (χ1) is 13.3. The molecule has 164 valence electrons. The number of nitrogens with zero attached hydrogens (tertiary/aromatic N) is 3. The molecule has 0 aromatic carbocycles. The summed E-state index contributed by atoms with van der Waals surface area (Å²) in [5.41, 5.74) is 2.01. The zero-order chi connectivity index (χ0) is 22.0. The Morgan fingerprint density at radius 1 is 1.31 bits per heavy atom. The standard InChI is InChI=1S/C19H32N4O5S/c1-13-16(14(2)23(21-13)15-8-10-29(26,27)12-15)11-22(6)17(24)7-9-20-18(25)28-19(3,4)5/h15H,7-12H2,1-6H3,(H,20,25)/t15-/m0/s1. The summed E-state index contributed by atoms with van der Waals surface area (Å²) in [6.07, 6.45) is 0.171. The Kier molecular flexibility index (Phi) is 6.97. The summed E-state index contributed by atoms with van der Waals surface area (Å²) in [6.45, 7) is 9.66. The number of aryl methyl sites for hydroxylation is 1. The molecule has 1 aromatic heterocycles. The number of rotatable bonds is 6. The van der Waals surface area contributed by atoms with E-state index in [-0.39, 0.29) is 36.4 Å². The van der Waals surface area contributed by atoms with Gasteiger partial charge >= 0.3 is 6.09 Å². The van der Waals surface area contributed by atoms with Crippen LogP contribution < -0.4 is 5.32 Å². The number of ether oxygens (including phenoxy) is 1. The van der Waals surface area contributed by atoms with Crippen molar-refractivity contribution in [2.75, 3.05) is 25.1 Å². The molecule has 1 aliphatic heterocycles. The number of aromatic nitrogens is 2. The summed E-state index contributed by atoms with van der Waals surface area (Å²) in [5.74, 6) is 0.185. The number of carbonyl (C=O) groups excluding carboxylic acids is 2. The predicted molar refractivity (Wildman–Crippen MR) is 109 cm³/mol. The van der Waals surface area contributed by atoms with Gasteiger partial charge in [0, 0.05) is 37.8 Å². The Labute approximate surface area is 172 Å². The van der Waals surface area contributed by atoms with E-state index in [2.05, 4.69) is 10.4 Å². The van der Waals surface area contributed by atoms with Gasteiger partial charge in [0.25, 0.3) is 0 Å². The van der Waals surface area contributed by atoms with E-state index < -0.39 is 21.5 Å². The third kappa shape index (κ3) is 6.45. The molecule has 0 bridgehead atoms. The van der Waals surface area contributed by atoms with Crippen molar-refractivity contribution in [2.24, 2.45) is 0 Å². The van der Waals surface area contributed by atoms with Crippen molar-refractivity contribution in [1.82, 2.24) is 20.0 Å². The van der Waals surface area contributed by atoms with E-state index in [1.54, 1.807) is 37.4 Å². The minimum Gasteiger partial charge on any atom is -0.444 e. The minimum atomic E-state index is -3.00. The van der Waals surface area contributed by atoms with Crippen LogP contribution in [0.15, 0.2) is 0 Å². The zero-order valence-electron chi connectivity index (χ0n) is 18.1. The van der Waals surface area contributed by atoms with Crippen molar-refractivity contribution >= 4 is 21.8 Å². The highest BCUT2D eigenvalue weighted by Gasteiger charge is 2.31. The molecule has 2 amide bonds. The lowest BCUT2D eigenvalue weighted by atomic mass is 10.1. The topological polar surface area (TPSA) is 111 Å². The molecule has 2 heterocycles. The summed E-state index contributed by atoms with van der Waals surface area (Å²) in [6, 6.07) is -0.147. The van der Waals surface area contributed by atoms with Gasteiger partial charge in [0.2, 0.25) is 5.91 Å². The van der Waals surface area contributed by atoms with E-state index in [0.29, 0.717) is 13.0 Å². The van der Waals surface area contributed by atoms with Crippen LogP contribution in [0.1, 0.15) is 56.6 Å². The first-order valence-electron chi connectivity index (χ1n) is 9.75. The molecule has 29 heavy (non-hydrogen) atoms. The highest BCUT2D eigenvalue weighted by molar-refractivity contribution is 7.91. The molecule has 0 spiro atoms. The summed E-state index contributed by atoms with van der Waals surface area (Å²) in [5, 5.41) is 7.11. The summed E-state index contributed by atoms with van der Waals surface area (Å²) >= 11 is 0. The average Bonchev–Trinajstić information content (AvgIpc) is 3.06. The van der Waals surface area contributed by atoms with Gasteiger partial charge in [0.05, 0.1) is 23.2 Å². The monoisotopic (exact) mass is 428 g/mol. The Morgan fingerprint density at radius 2 is 1.97 bits per heavy atom. The van der Waals surface area contributed by atoms with Crippen LogP contribution in [-0.2, 0) is 25.9 Å². The third-order valence-corrected chi connectivity index (χ3v) is 6.61. The molecule has 10 heteroatoms. The summed E-state index contributed by atoms with van der Waals surface area (Å²) in [4.78, 5) is 25.7. The second kappa shape index (κ2) is 8.73. The number of sulfone groups is 1. The highest BCUT2D eigenvalue weighted by Crippen LogP contribution is 2.27. The molecular formula is C19H32N4O5S. The van der Waals surface area contributed by atoms with Crippen LogP contribution >= 0.6 is 0 Å². The van der Waals surface area contributed by atoms with Crippen molar-refractivity contribution in [1.29, 1.82) is 0 Å². The lowest BCUT2D eigenvalue weighted by Gasteiger charge is -2.20. The molecule has 1 N–H and O–H groups in total. The Bertz CT molecular complexity index is 870. The lowest BCUT2D eigenvalue weighted by molar-refractivity contribution is -0.130. The summed E-state index contributed by atoms with van der Waals surface area (Å²) < 4.78 is 30.5. The van der Waals surface area contributed by atoms with Gasteiger partial charge < -0.3 is 15.0 Å². The summed E-state index contributed by atoms with van der Waals surface area (Å²) in [7, 11) is -1.30. The fourth-order valence-electron chi connectivity index (χ4n) is 3.35. The van der Waals surface area contributed by atoms with Crippen LogP contribution in [-0.4, -0.2) is 65.8 Å². The molecule has 0 radical (unpaired) electrons. The van der Waals surface area contributed by atoms with Crippen molar-refractivity contribution < 1.29 is 22.7 Å². The number of carbonyl (C=O) groups is 2. The molecule has 1 aliphatic rings. The van der Waals surface area contributed by atoms with Gasteiger partial charge in [-0.25, -0.2) is 13.2 Å². The molecule has 1 saturated heterocycles. The molecule has 1 atom stereocenters. The molecule has 2 rings (SSSR count). The molecule has 0 saturated carbocycles. The van der Waals surface area contributed by atoms with Crippen molar-refractivity contribution in [3.8, 4) is 0 Å². The van der Waals surface area contributed by atoms with Gasteiger partial charge in [-0.2, -0.15) is 5.10 Å². The maximum absolute atomic E-state index is 12.4. The van der Waals surface area contributed by atoms with Gasteiger partial charge in [-0.3, -0.25) is 9.48 Å². The molecule has 0 aliphatic carbocycles. The van der Waals surface area contributed by atoms with Gasteiger partial charge in [0.1, 0.15) is 5.60 Å². The Morgan fingerprint density at radius 3 is 2.52 bits per heavy atom. The van der Waals surface area contributed by atoms with Gasteiger partial charge in [-0.05, 0) is 41.0 Å². The molecular weight excluding hydrogens is 396 g/mol. The fourth-order valence-corrected chi connectivity index (χ4v) is 5.04. The normalized spacial score (nSPS) is 18.5. The minimum absolute atomic E-state index is 0.111. The van der Waals surface area contributed by atoms with Crippen LogP contribution in [0.25, 0.3) is 0 Å². The number of amides is 2. The van der Waals surface area contributed by atoms with Crippen LogP contribution in [0.5, 0.6) is 0 Å². The smallest absolute Gasteiger partial charge is 0.407 e. The quantitative estimate of drug-likeness (QED) is 0.739.